The fourth-order valence-electron chi connectivity index (χ4n) is 4.08. The fraction of sp³-hybridized carbons (Fsp3) is 0.333. The predicted octanol–water partition coefficient (Wildman–Crippen LogP) is 3.69. The van der Waals surface area contributed by atoms with Gasteiger partial charge in [-0.1, -0.05) is 41.9 Å². The maximum Gasteiger partial charge on any atom is 0.286 e. The van der Waals surface area contributed by atoms with Crippen molar-refractivity contribution >= 4 is 29.5 Å². The van der Waals surface area contributed by atoms with E-state index in [4.69, 9.17) is 21.1 Å². The highest BCUT2D eigenvalue weighted by Crippen LogP contribution is 2.32. The summed E-state index contributed by atoms with van der Waals surface area (Å²) in [7, 11) is 1.62. The number of nitrogens with one attached hydrogen (secondary N) is 2. The number of methoxy groups -OCH3 is 1. The Morgan fingerprint density at radius 3 is 2.90 bits per heavy atom. The van der Waals surface area contributed by atoms with Gasteiger partial charge in [-0.05, 0) is 54.7 Å². The fourth-order valence-corrected chi connectivity index (χ4v) is 4.27. The summed E-state index contributed by atoms with van der Waals surface area (Å²) in [6.07, 6.45) is 3.48. The number of hydrogen-bond donors (Lipinski definition) is 2. The molecular weight excluding hydrogens is 416 g/mol. The van der Waals surface area contributed by atoms with Crippen molar-refractivity contribution in [3.63, 3.8) is 0 Å². The molecule has 31 heavy (non-hydrogen) atoms. The van der Waals surface area contributed by atoms with E-state index < -0.39 is 0 Å². The number of carbonyl (C=O) groups is 2. The van der Waals surface area contributed by atoms with Crippen LogP contribution in [0.4, 0.5) is 0 Å². The van der Waals surface area contributed by atoms with E-state index >= 15 is 0 Å². The van der Waals surface area contributed by atoms with Gasteiger partial charge in [-0.3, -0.25) is 9.59 Å². The van der Waals surface area contributed by atoms with Gasteiger partial charge in [0, 0.05) is 17.5 Å². The zero-order valence-electron chi connectivity index (χ0n) is 17.3. The third kappa shape index (κ3) is 5.02. The van der Waals surface area contributed by atoms with Crippen molar-refractivity contribution in [3.05, 3.63) is 70.4 Å². The molecule has 0 spiro atoms. The van der Waals surface area contributed by atoms with E-state index in [1.807, 2.05) is 42.5 Å². The molecule has 6 nitrogen and oxygen atoms in total. The Balaban J connectivity index is 1.35. The Kier molecular flexibility index (Phi) is 6.47. The molecule has 7 heteroatoms. The Morgan fingerprint density at radius 1 is 1.26 bits per heavy atom. The van der Waals surface area contributed by atoms with Crippen molar-refractivity contribution < 1.29 is 19.1 Å². The van der Waals surface area contributed by atoms with Gasteiger partial charge >= 0.3 is 0 Å². The largest absolute Gasteiger partial charge is 0.497 e. The average Bonchev–Trinajstić information content (AvgIpc) is 2.79. The normalized spacial score (nSPS) is 24.0. The molecule has 3 atom stereocenters. The molecule has 2 N–H and O–H groups in total. The molecule has 162 valence electrons. The molecule has 1 heterocycles. The van der Waals surface area contributed by atoms with Crippen LogP contribution in [0.1, 0.15) is 30.4 Å². The van der Waals surface area contributed by atoms with Gasteiger partial charge in [0.25, 0.3) is 5.91 Å². The van der Waals surface area contributed by atoms with Crippen LogP contribution in [-0.2, 0) is 20.9 Å². The van der Waals surface area contributed by atoms with Crippen molar-refractivity contribution in [2.24, 2.45) is 5.92 Å². The highest BCUT2D eigenvalue weighted by atomic mass is 35.5. The SMILES string of the molecule is COc1cccc(CNC(=O)C2CCC3O/C(=C\c4ccccc4Cl)C(=O)NC3C2)c1. The lowest BCUT2D eigenvalue weighted by molar-refractivity contribution is -0.134. The first kappa shape index (κ1) is 21.2. The molecule has 1 saturated heterocycles. The minimum absolute atomic E-state index is 0.00655. The number of halogens is 1. The van der Waals surface area contributed by atoms with Crippen LogP contribution in [0.5, 0.6) is 5.75 Å². The van der Waals surface area contributed by atoms with Gasteiger partial charge in [0.15, 0.2) is 5.76 Å². The van der Waals surface area contributed by atoms with Crippen LogP contribution >= 0.6 is 11.6 Å². The van der Waals surface area contributed by atoms with Crippen LogP contribution in [0.2, 0.25) is 5.02 Å². The zero-order valence-corrected chi connectivity index (χ0v) is 18.0. The molecule has 1 saturated carbocycles. The van der Waals surface area contributed by atoms with E-state index in [0.29, 0.717) is 30.8 Å². The smallest absolute Gasteiger partial charge is 0.286 e. The lowest BCUT2D eigenvalue weighted by Gasteiger charge is -2.39. The maximum absolute atomic E-state index is 12.7. The van der Waals surface area contributed by atoms with Crippen LogP contribution < -0.4 is 15.4 Å². The van der Waals surface area contributed by atoms with E-state index in [1.165, 1.54) is 0 Å². The first-order valence-electron chi connectivity index (χ1n) is 10.4. The standard InChI is InChI=1S/C24H25ClN2O4/c1-30-18-7-4-5-15(11-18)14-26-23(28)17-9-10-21-20(12-17)27-24(29)22(31-21)13-16-6-2-3-8-19(16)25/h2-8,11,13,17,20-21H,9-10,12,14H2,1H3,(H,26,28)(H,27,29)/b22-13-. The molecule has 1 aliphatic carbocycles. The Bertz CT molecular complexity index is 1010. The highest BCUT2D eigenvalue weighted by Gasteiger charge is 2.40. The predicted molar refractivity (Wildman–Crippen MR) is 118 cm³/mol. The molecule has 2 amide bonds. The summed E-state index contributed by atoms with van der Waals surface area (Å²) < 4.78 is 11.2. The molecule has 2 aromatic rings. The monoisotopic (exact) mass is 440 g/mol. The molecule has 2 aliphatic rings. The second-order valence-corrected chi connectivity index (χ2v) is 8.25. The van der Waals surface area contributed by atoms with Crippen LogP contribution in [-0.4, -0.2) is 31.1 Å². The second-order valence-electron chi connectivity index (χ2n) is 7.85. The molecule has 1 aliphatic heterocycles. The molecule has 2 fully saturated rings. The van der Waals surface area contributed by atoms with Crippen molar-refractivity contribution in [1.82, 2.24) is 10.6 Å². The van der Waals surface area contributed by atoms with Gasteiger partial charge in [-0.2, -0.15) is 0 Å². The van der Waals surface area contributed by atoms with Crippen LogP contribution in [0, 0.1) is 5.92 Å². The molecular formula is C24H25ClN2O4. The van der Waals surface area contributed by atoms with E-state index in [1.54, 1.807) is 19.3 Å². The first-order chi connectivity index (χ1) is 15.0. The van der Waals surface area contributed by atoms with E-state index in [-0.39, 0.29) is 35.6 Å². The summed E-state index contributed by atoms with van der Waals surface area (Å²) in [5.41, 5.74) is 1.71. The minimum atomic E-state index is -0.279. The first-order valence-corrected chi connectivity index (χ1v) is 10.8. The zero-order chi connectivity index (χ0) is 21.8. The van der Waals surface area contributed by atoms with Gasteiger partial charge in [0.1, 0.15) is 11.9 Å². The summed E-state index contributed by atoms with van der Waals surface area (Å²) in [6.45, 7) is 0.439. The van der Waals surface area contributed by atoms with Crippen molar-refractivity contribution in [1.29, 1.82) is 0 Å². The maximum atomic E-state index is 12.7. The molecule has 0 aromatic heterocycles. The van der Waals surface area contributed by atoms with Gasteiger partial charge < -0.3 is 20.1 Å². The van der Waals surface area contributed by atoms with E-state index in [9.17, 15) is 9.59 Å². The third-order valence-corrected chi connectivity index (χ3v) is 6.11. The molecule has 4 rings (SSSR count). The topological polar surface area (TPSA) is 76.7 Å². The molecule has 0 radical (unpaired) electrons. The van der Waals surface area contributed by atoms with Gasteiger partial charge in [0.05, 0.1) is 13.2 Å². The van der Waals surface area contributed by atoms with Gasteiger partial charge in [-0.15, -0.1) is 0 Å². The number of hydrogen-bond acceptors (Lipinski definition) is 4. The van der Waals surface area contributed by atoms with E-state index in [2.05, 4.69) is 10.6 Å². The number of ether oxygens (including phenoxy) is 2. The van der Waals surface area contributed by atoms with Crippen molar-refractivity contribution in [2.45, 2.75) is 38.0 Å². The summed E-state index contributed by atoms with van der Waals surface area (Å²) in [6, 6.07) is 14.7. The minimum Gasteiger partial charge on any atom is -0.497 e. The second kappa shape index (κ2) is 9.43. The Labute approximate surface area is 186 Å². The number of rotatable bonds is 5. The number of morpholine rings is 1. The Hall–Kier alpha value is -2.99. The average molecular weight is 441 g/mol. The van der Waals surface area contributed by atoms with Crippen LogP contribution in [0.25, 0.3) is 6.08 Å². The number of carbonyl (C=O) groups excluding carboxylic acids is 2. The van der Waals surface area contributed by atoms with Crippen LogP contribution in [0.3, 0.4) is 0 Å². The Morgan fingerprint density at radius 2 is 2.10 bits per heavy atom. The number of amides is 2. The molecule has 0 bridgehead atoms. The lowest BCUT2D eigenvalue weighted by Crippen LogP contribution is -2.54. The number of fused-ring (bicyclic) bond motifs is 1. The molecule has 3 unspecified atom stereocenters. The summed E-state index contributed by atoms with van der Waals surface area (Å²) >= 11 is 6.19. The summed E-state index contributed by atoms with van der Waals surface area (Å²) in [5.74, 6) is 0.571. The molecule has 2 aromatic carbocycles. The summed E-state index contributed by atoms with van der Waals surface area (Å²) in [4.78, 5) is 25.3. The quantitative estimate of drug-likeness (QED) is 0.695. The lowest BCUT2D eigenvalue weighted by atomic mass is 9.82. The van der Waals surface area contributed by atoms with Gasteiger partial charge in [-0.25, -0.2) is 0 Å². The van der Waals surface area contributed by atoms with Gasteiger partial charge in [0.2, 0.25) is 5.91 Å². The van der Waals surface area contributed by atoms with Crippen molar-refractivity contribution in [3.8, 4) is 5.75 Å². The number of benzene rings is 2. The van der Waals surface area contributed by atoms with Crippen LogP contribution in [0.15, 0.2) is 54.3 Å². The van der Waals surface area contributed by atoms with Crippen molar-refractivity contribution in [2.75, 3.05) is 7.11 Å². The van der Waals surface area contributed by atoms with E-state index in [0.717, 1.165) is 16.9 Å². The third-order valence-electron chi connectivity index (χ3n) is 5.77. The summed E-state index contributed by atoms with van der Waals surface area (Å²) in [5, 5.41) is 6.57. The highest BCUT2D eigenvalue weighted by molar-refractivity contribution is 6.32.